The fourth-order valence-electron chi connectivity index (χ4n) is 2.41. The molecule has 3 N–H and O–H groups in total. The summed E-state index contributed by atoms with van der Waals surface area (Å²) in [6.45, 7) is 6.53. The maximum atomic E-state index is 5.77. The van der Waals surface area contributed by atoms with Gasteiger partial charge in [0.2, 0.25) is 0 Å². The maximum Gasteiger partial charge on any atom is 0.126 e. The summed E-state index contributed by atoms with van der Waals surface area (Å²) in [5.41, 5.74) is 7.43. The average molecular weight is 234 g/mol. The third kappa shape index (κ3) is 2.88. The number of aryl methyl sites for hydroxylation is 1. The largest absolute Gasteiger partial charge is 0.397 e. The number of nitrogens with two attached hydrogens (primary N) is 1. The second kappa shape index (κ2) is 4.92. The number of nitrogens with zero attached hydrogens (tertiary/aromatic N) is 2. The summed E-state index contributed by atoms with van der Waals surface area (Å²) in [6.07, 6.45) is 1.17. The van der Waals surface area contributed by atoms with Crippen LogP contribution in [0.4, 0.5) is 11.5 Å². The molecule has 2 heterocycles. The summed E-state index contributed by atoms with van der Waals surface area (Å²) in [4.78, 5) is 6.85. The number of anilines is 2. The summed E-state index contributed by atoms with van der Waals surface area (Å²) in [5.74, 6) is 1.59. The standard InChI is InChI=1S/C13H22N4/c1-9-8-17(3)7-6-12(9)16-13-5-4-11(14)10(2)15-13/h4-5,9,12H,6-8,14H2,1-3H3,(H,15,16). The Morgan fingerprint density at radius 3 is 2.88 bits per heavy atom. The van der Waals surface area contributed by atoms with Gasteiger partial charge in [0, 0.05) is 12.6 Å². The van der Waals surface area contributed by atoms with Crippen molar-refractivity contribution >= 4 is 11.5 Å². The Balaban J connectivity index is 2.02. The van der Waals surface area contributed by atoms with Gasteiger partial charge in [0.05, 0.1) is 11.4 Å². The van der Waals surface area contributed by atoms with Gasteiger partial charge in [0.25, 0.3) is 0 Å². The Labute approximate surface area is 103 Å². The SMILES string of the molecule is Cc1nc(NC2CCN(C)CC2C)ccc1N. The second-order valence-corrected chi connectivity index (χ2v) is 5.15. The zero-order valence-corrected chi connectivity index (χ0v) is 10.9. The van der Waals surface area contributed by atoms with Crippen molar-refractivity contribution in [1.29, 1.82) is 0 Å². The van der Waals surface area contributed by atoms with Crippen LogP contribution < -0.4 is 11.1 Å². The minimum absolute atomic E-state index is 0.515. The molecule has 0 radical (unpaired) electrons. The van der Waals surface area contributed by atoms with Crippen LogP contribution in [0.3, 0.4) is 0 Å². The van der Waals surface area contributed by atoms with E-state index in [-0.39, 0.29) is 0 Å². The van der Waals surface area contributed by atoms with Gasteiger partial charge < -0.3 is 16.0 Å². The zero-order valence-electron chi connectivity index (χ0n) is 10.9. The molecule has 0 aliphatic carbocycles. The Morgan fingerprint density at radius 1 is 1.47 bits per heavy atom. The molecule has 2 unspecified atom stereocenters. The predicted molar refractivity (Wildman–Crippen MR) is 72.1 cm³/mol. The molecule has 0 aromatic carbocycles. The molecular formula is C13H22N4. The lowest BCUT2D eigenvalue weighted by atomic mass is 9.94. The Bertz CT molecular complexity index is 391. The lowest BCUT2D eigenvalue weighted by Gasteiger charge is -2.35. The maximum absolute atomic E-state index is 5.77. The molecule has 1 aliphatic heterocycles. The third-order valence-electron chi connectivity index (χ3n) is 3.57. The molecule has 17 heavy (non-hydrogen) atoms. The van der Waals surface area contributed by atoms with Crippen LogP contribution >= 0.6 is 0 Å². The molecule has 0 bridgehead atoms. The molecule has 1 aromatic heterocycles. The van der Waals surface area contributed by atoms with E-state index in [1.54, 1.807) is 0 Å². The van der Waals surface area contributed by atoms with Crippen LogP contribution in [0.5, 0.6) is 0 Å². The molecule has 0 amide bonds. The Morgan fingerprint density at radius 2 is 2.24 bits per heavy atom. The molecule has 1 aliphatic rings. The van der Waals surface area contributed by atoms with Crippen molar-refractivity contribution in [2.24, 2.45) is 5.92 Å². The van der Waals surface area contributed by atoms with Gasteiger partial charge in [0.15, 0.2) is 0 Å². The number of pyridine rings is 1. The number of hydrogen-bond acceptors (Lipinski definition) is 4. The predicted octanol–water partition coefficient (Wildman–Crippen LogP) is 1.72. The monoisotopic (exact) mass is 234 g/mol. The number of rotatable bonds is 2. The van der Waals surface area contributed by atoms with Crippen LogP contribution in [0.15, 0.2) is 12.1 Å². The summed E-state index contributed by atoms with van der Waals surface area (Å²) in [5, 5.41) is 3.53. The molecular weight excluding hydrogens is 212 g/mol. The lowest BCUT2D eigenvalue weighted by Crippen LogP contribution is -2.43. The van der Waals surface area contributed by atoms with Gasteiger partial charge in [-0.1, -0.05) is 6.92 Å². The first kappa shape index (κ1) is 12.2. The highest BCUT2D eigenvalue weighted by Gasteiger charge is 2.24. The fourth-order valence-corrected chi connectivity index (χ4v) is 2.41. The van der Waals surface area contributed by atoms with E-state index in [9.17, 15) is 0 Å². The van der Waals surface area contributed by atoms with Crippen molar-refractivity contribution < 1.29 is 0 Å². The van der Waals surface area contributed by atoms with Crippen LogP contribution in [0.25, 0.3) is 0 Å². The summed E-state index contributed by atoms with van der Waals surface area (Å²) >= 11 is 0. The van der Waals surface area contributed by atoms with E-state index in [0.717, 1.165) is 30.3 Å². The van der Waals surface area contributed by atoms with E-state index >= 15 is 0 Å². The van der Waals surface area contributed by atoms with Crippen LogP contribution in [0, 0.1) is 12.8 Å². The number of aromatic nitrogens is 1. The van der Waals surface area contributed by atoms with E-state index in [2.05, 4.69) is 29.2 Å². The molecule has 1 fully saturated rings. The van der Waals surface area contributed by atoms with Gasteiger partial charge in [-0.25, -0.2) is 4.98 Å². The summed E-state index contributed by atoms with van der Waals surface area (Å²) < 4.78 is 0. The topological polar surface area (TPSA) is 54.2 Å². The third-order valence-corrected chi connectivity index (χ3v) is 3.57. The van der Waals surface area contributed by atoms with Crippen molar-refractivity contribution in [3.63, 3.8) is 0 Å². The number of nitrogen functional groups attached to an aromatic ring is 1. The normalized spacial score (nSPS) is 25.8. The molecule has 2 rings (SSSR count). The van der Waals surface area contributed by atoms with Gasteiger partial charge in [-0.3, -0.25) is 0 Å². The number of likely N-dealkylation sites (tertiary alicyclic amines) is 1. The molecule has 1 saturated heterocycles. The minimum Gasteiger partial charge on any atom is -0.397 e. The highest BCUT2D eigenvalue weighted by Crippen LogP contribution is 2.20. The quantitative estimate of drug-likeness (QED) is 0.818. The molecule has 0 spiro atoms. The molecule has 2 atom stereocenters. The van der Waals surface area contributed by atoms with Gasteiger partial charge in [0.1, 0.15) is 5.82 Å². The van der Waals surface area contributed by atoms with Crippen molar-refractivity contribution in [3.05, 3.63) is 17.8 Å². The molecule has 94 valence electrons. The lowest BCUT2D eigenvalue weighted by molar-refractivity contribution is 0.206. The smallest absolute Gasteiger partial charge is 0.126 e. The Kier molecular flexibility index (Phi) is 3.52. The van der Waals surface area contributed by atoms with E-state index in [0.29, 0.717) is 12.0 Å². The van der Waals surface area contributed by atoms with Crippen LogP contribution in [-0.4, -0.2) is 36.1 Å². The molecule has 4 heteroatoms. The second-order valence-electron chi connectivity index (χ2n) is 5.15. The number of nitrogens with one attached hydrogen (secondary N) is 1. The van der Waals surface area contributed by atoms with Crippen LogP contribution in [0.1, 0.15) is 19.0 Å². The molecule has 4 nitrogen and oxygen atoms in total. The van der Waals surface area contributed by atoms with Crippen molar-refractivity contribution in [2.45, 2.75) is 26.3 Å². The van der Waals surface area contributed by atoms with Gasteiger partial charge in [-0.15, -0.1) is 0 Å². The highest BCUT2D eigenvalue weighted by atomic mass is 15.1. The van der Waals surface area contributed by atoms with Crippen molar-refractivity contribution in [2.75, 3.05) is 31.2 Å². The van der Waals surface area contributed by atoms with Crippen LogP contribution in [-0.2, 0) is 0 Å². The van der Waals surface area contributed by atoms with E-state index < -0.39 is 0 Å². The minimum atomic E-state index is 0.515. The van der Waals surface area contributed by atoms with E-state index in [1.165, 1.54) is 6.42 Å². The van der Waals surface area contributed by atoms with Crippen LogP contribution in [0.2, 0.25) is 0 Å². The first-order chi connectivity index (χ1) is 8.06. The first-order valence-electron chi connectivity index (χ1n) is 6.24. The van der Waals surface area contributed by atoms with E-state index in [1.807, 2.05) is 19.1 Å². The van der Waals surface area contributed by atoms with Gasteiger partial charge >= 0.3 is 0 Å². The highest BCUT2D eigenvalue weighted by molar-refractivity contribution is 5.49. The van der Waals surface area contributed by atoms with Crippen molar-refractivity contribution in [1.82, 2.24) is 9.88 Å². The fraction of sp³-hybridized carbons (Fsp3) is 0.615. The van der Waals surface area contributed by atoms with Gasteiger partial charge in [-0.05, 0) is 45.0 Å². The zero-order chi connectivity index (χ0) is 12.4. The molecule has 1 aromatic rings. The van der Waals surface area contributed by atoms with Gasteiger partial charge in [-0.2, -0.15) is 0 Å². The number of hydrogen-bond donors (Lipinski definition) is 2. The number of piperidine rings is 1. The Hall–Kier alpha value is -1.29. The summed E-state index contributed by atoms with van der Waals surface area (Å²) in [7, 11) is 2.18. The summed E-state index contributed by atoms with van der Waals surface area (Å²) in [6, 6.07) is 4.40. The van der Waals surface area contributed by atoms with Crippen molar-refractivity contribution in [3.8, 4) is 0 Å². The first-order valence-corrected chi connectivity index (χ1v) is 6.24. The van der Waals surface area contributed by atoms with E-state index in [4.69, 9.17) is 5.73 Å². The average Bonchev–Trinajstić information content (AvgIpc) is 2.27. The molecule has 0 saturated carbocycles.